The summed E-state index contributed by atoms with van der Waals surface area (Å²) in [7, 11) is 3.16. The van der Waals surface area contributed by atoms with E-state index in [0.717, 1.165) is 82.6 Å². The van der Waals surface area contributed by atoms with Gasteiger partial charge in [-0.2, -0.15) is 0 Å². The van der Waals surface area contributed by atoms with Crippen LogP contribution in [0.4, 0.5) is 17.1 Å². The Morgan fingerprint density at radius 3 is 2.34 bits per heavy atom. The van der Waals surface area contributed by atoms with Crippen LogP contribution in [-0.4, -0.2) is 103 Å². The highest BCUT2D eigenvalue weighted by molar-refractivity contribution is 6.02. The average Bonchev–Trinajstić information content (AvgIpc) is 2.96. The van der Waals surface area contributed by atoms with Crippen molar-refractivity contribution in [2.24, 2.45) is 0 Å². The molecule has 2 aliphatic rings. The van der Waals surface area contributed by atoms with Crippen LogP contribution in [0, 0.1) is 0 Å². The summed E-state index contributed by atoms with van der Waals surface area (Å²) in [5.41, 5.74) is 3.06. The third-order valence-electron chi connectivity index (χ3n) is 6.89. The smallest absolute Gasteiger partial charge is 0.253 e. The quantitative estimate of drug-likeness (QED) is 0.431. The van der Waals surface area contributed by atoms with Crippen LogP contribution in [0.15, 0.2) is 42.5 Å². The molecule has 0 spiro atoms. The fourth-order valence-corrected chi connectivity index (χ4v) is 4.90. The predicted molar refractivity (Wildman–Crippen MR) is 149 cm³/mol. The Bertz CT molecular complexity index is 1070. The minimum absolute atomic E-state index is 0.0459. The maximum Gasteiger partial charge on any atom is 0.253 e. The van der Waals surface area contributed by atoms with Crippen LogP contribution in [0.5, 0.6) is 5.75 Å². The van der Waals surface area contributed by atoms with Gasteiger partial charge in [-0.3, -0.25) is 14.5 Å². The molecule has 0 saturated carbocycles. The Kier molecular flexibility index (Phi) is 10.2. The van der Waals surface area contributed by atoms with E-state index in [9.17, 15) is 9.59 Å². The molecule has 2 aromatic rings. The number of benzene rings is 2. The largest absolute Gasteiger partial charge is 0.495 e. The summed E-state index contributed by atoms with van der Waals surface area (Å²) in [5.74, 6) is 0.453. The number of nitrogens with one attached hydrogen (secondary N) is 2. The summed E-state index contributed by atoms with van der Waals surface area (Å²) < 4.78 is 15.9. The number of anilines is 3. The number of ether oxygens (including phenoxy) is 3. The second-order valence-electron chi connectivity index (χ2n) is 9.42. The van der Waals surface area contributed by atoms with E-state index in [-0.39, 0.29) is 18.4 Å². The molecule has 2 heterocycles. The number of hydrogen-bond acceptors (Lipinski definition) is 8. The molecule has 2 fully saturated rings. The fraction of sp³-hybridized carbons (Fsp3) is 0.500. The number of hydrogen-bond donors (Lipinski definition) is 2. The molecular formula is C28H39N5O5. The van der Waals surface area contributed by atoms with Gasteiger partial charge in [-0.25, -0.2) is 0 Å². The second-order valence-corrected chi connectivity index (χ2v) is 9.42. The van der Waals surface area contributed by atoms with Gasteiger partial charge < -0.3 is 34.6 Å². The second kappa shape index (κ2) is 14.0. The molecule has 2 saturated heterocycles. The number of carbonyl (C=O) groups excluding carboxylic acids is 2. The molecule has 0 aliphatic carbocycles. The van der Waals surface area contributed by atoms with Gasteiger partial charge in [-0.05, 0) is 43.3 Å². The molecule has 2 N–H and O–H groups in total. The Morgan fingerprint density at radius 2 is 1.63 bits per heavy atom. The van der Waals surface area contributed by atoms with Crippen molar-refractivity contribution in [3.05, 3.63) is 48.0 Å². The molecule has 4 rings (SSSR count). The van der Waals surface area contributed by atoms with Crippen LogP contribution in [-0.2, 0) is 14.3 Å². The van der Waals surface area contributed by atoms with Gasteiger partial charge in [0.1, 0.15) is 12.4 Å². The average molecular weight is 526 g/mol. The van der Waals surface area contributed by atoms with Crippen LogP contribution in [0.1, 0.15) is 16.8 Å². The molecule has 0 radical (unpaired) electrons. The minimum Gasteiger partial charge on any atom is -0.495 e. The third kappa shape index (κ3) is 7.37. The molecule has 0 unspecified atom stereocenters. The minimum atomic E-state index is -0.262. The molecule has 0 bridgehead atoms. The lowest BCUT2D eigenvalue weighted by Gasteiger charge is -2.38. The van der Waals surface area contributed by atoms with Crippen molar-refractivity contribution in [2.45, 2.75) is 6.42 Å². The molecule has 2 aliphatic heterocycles. The van der Waals surface area contributed by atoms with Gasteiger partial charge in [0.2, 0.25) is 5.91 Å². The summed E-state index contributed by atoms with van der Waals surface area (Å²) >= 11 is 0. The van der Waals surface area contributed by atoms with E-state index in [1.54, 1.807) is 13.2 Å². The molecule has 2 amide bonds. The number of methoxy groups -OCH3 is 2. The number of amides is 2. The van der Waals surface area contributed by atoms with Crippen molar-refractivity contribution in [2.75, 3.05) is 102 Å². The maximum atomic E-state index is 13.4. The summed E-state index contributed by atoms with van der Waals surface area (Å²) in [5, 5.41) is 5.90. The van der Waals surface area contributed by atoms with Crippen LogP contribution >= 0.6 is 0 Å². The topological polar surface area (TPSA) is 95.6 Å². The lowest BCUT2D eigenvalue weighted by molar-refractivity contribution is -0.119. The summed E-state index contributed by atoms with van der Waals surface area (Å²) in [6, 6.07) is 13.5. The molecule has 2 aromatic carbocycles. The van der Waals surface area contributed by atoms with Crippen LogP contribution in [0.3, 0.4) is 0 Å². The fourth-order valence-electron chi connectivity index (χ4n) is 4.90. The summed E-state index contributed by atoms with van der Waals surface area (Å²) in [4.78, 5) is 32.3. The molecule has 0 atom stereocenters. The van der Waals surface area contributed by atoms with Crippen molar-refractivity contribution < 1.29 is 23.8 Å². The molecule has 206 valence electrons. The van der Waals surface area contributed by atoms with Gasteiger partial charge in [0, 0.05) is 64.3 Å². The first-order chi connectivity index (χ1) is 18.6. The number of nitrogens with zero attached hydrogens (tertiary/aromatic N) is 3. The van der Waals surface area contributed by atoms with Crippen LogP contribution in [0.2, 0.25) is 0 Å². The molecular weight excluding hydrogens is 486 g/mol. The van der Waals surface area contributed by atoms with E-state index >= 15 is 0 Å². The first-order valence-corrected chi connectivity index (χ1v) is 13.2. The highest BCUT2D eigenvalue weighted by atomic mass is 16.5. The standard InChI is InChI=1S/C28H39N5O5/c1-36-21-27(34)30-22-8-9-24(23(20-22)28(35)29-10-5-11-31-16-18-38-19-17-31)32-12-14-33(15-13-32)25-6-3-4-7-26(25)37-2/h3-4,6-9,20H,5,10-19,21H2,1-2H3,(H,29,35)(H,30,34). The zero-order chi connectivity index (χ0) is 26.7. The van der Waals surface area contributed by atoms with Crippen LogP contribution < -0.4 is 25.2 Å². The first-order valence-electron chi connectivity index (χ1n) is 13.2. The van der Waals surface area contributed by atoms with Gasteiger partial charge in [-0.1, -0.05) is 12.1 Å². The maximum absolute atomic E-state index is 13.4. The van der Waals surface area contributed by atoms with Crippen LogP contribution in [0.25, 0.3) is 0 Å². The monoisotopic (exact) mass is 525 g/mol. The lowest BCUT2D eigenvalue weighted by atomic mass is 10.1. The lowest BCUT2D eigenvalue weighted by Crippen LogP contribution is -2.47. The number of piperazine rings is 1. The number of para-hydroxylation sites is 2. The van der Waals surface area contributed by atoms with Gasteiger partial charge in [0.25, 0.3) is 5.91 Å². The van der Waals surface area contributed by atoms with Crippen molar-refractivity contribution >= 4 is 28.9 Å². The third-order valence-corrected chi connectivity index (χ3v) is 6.89. The number of carbonyl (C=O) groups is 2. The SMILES string of the molecule is COCC(=O)Nc1ccc(N2CCN(c3ccccc3OC)CC2)c(C(=O)NCCCN2CCOCC2)c1. The van der Waals surface area contributed by atoms with Gasteiger partial charge in [-0.15, -0.1) is 0 Å². The van der Waals surface area contributed by atoms with Crippen molar-refractivity contribution in [3.8, 4) is 5.75 Å². The van der Waals surface area contributed by atoms with Gasteiger partial charge in [0.05, 0.1) is 31.6 Å². The highest BCUT2D eigenvalue weighted by Gasteiger charge is 2.24. The Morgan fingerprint density at radius 1 is 0.921 bits per heavy atom. The molecule has 38 heavy (non-hydrogen) atoms. The number of rotatable bonds is 11. The molecule has 10 nitrogen and oxygen atoms in total. The van der Waals surface area contributed by atoms with Crippen molar-refractivity contribution in [1.82, 2.24) is 10.2 Å². The van der Waals surface area contributed by atoms with E-state index in [1.807, 2.05) is 30.3 Å². The summed E-state index contributed by atoms with van der Waals surface area (Å²) in [6.07, 6.45) is 0.864. The summed E-state index contributed by atoms with van der Waals surface area (Å²) in [6.45, 7) is 7.96. The van der Waals surface area contributed by atoms with E-state index in [0.29, 0.717) is 17.8 Å². The predicted octanol–water partition coefficient (Wildman–Crippen LogP) is 2.06. The normalized spacial score (nSPS) is 16.3. The number of morpholine rings is 1. The van der Waals surface area contributed by atoms with Crippen molar-refractivity contribution in [3.63, 3.8) is 0 Å². The Hall–Kier alpha value is -3.34. The first kappa shape index (κ1) is 27.7. The molecule has 0 aromatic heterocycles. The Labute approximate surface area is 224 Å². The van der Waals surface area contributed by atoms with Crippen molar-refractivity contribution in [1.29, 1.82) is 0 Å². The van der Waals surface area contributed by atoms with E-state index in [1.165, 1.54) is 7.11 Å². The molecule has 10 heteroatoms. The van der Waals surface area contributed by atoms with Gasteiger partial charge in [0.15, 0.2) is 0 Å². The zero-order valence-corrected chi connectivity index (χ0v) is 22.4. The van der Waals surface area contributed by atoms with E-state index in [4.69, 9.17) is 14.2 Å². The Balaban J connectivity index is 1.43. The van der Waals surface area contributed by atoms with E-state index < -0.39 is 0 Å². The van der Waals surface area contributed by atoms with E-state index in [2.05, 4.69) is 31.4 Å². The highest BCUT2D eigenvalue weighted by Crippen LogP contribution is 2.31. The van der Waals surface area contributed by atoms with Gasteiger partial charge >= 0.3 is 0 Å². The zero-order valence-electron chi connectivity index (χ0n) is 22.4.